The quantitative estimate of drug-likeness (QED) is 0.175. The van der Waals surface area contributed by atoms with Gasteiger partial charge in [-0.25, -0.2) is 15.0 Å². The summed E-state index contributed by atoms with van der Waals surface area (Å²) in [6.45, 7) is 0. The normalized spacial score (nSPS) is 11.9. The Labute approximate surface area is 335 Å². The molecular weight excluding hydrogens is 735 g/mol. The van der Waals surface area contributed by atoms with Gasteiger partial charge < -0.3 is 4.42 Å². The summed E-state index contributed by atoms with van der Waals surface area (Å²) in [4.78, 5) is 15.0. The van der Waals surface area contributed by atoms with Gasteiger partial charge in [-0.1, -0.05) is 146 Å². The molecule has 0 fully saturated rings. The Balaban J connectivity index is 1.06. The highest BCUT2D eigenvalue weighted by Gasteiger charge is 2.21. The second kappa shape index (κ2) is 12.8. The molecule has 0 radical (unpaired) electrons. The van der Waals surface area contributed by atoms with E-state index >= 15 is 0 Å². The van der Waals surface area contributed by atoms with E-state index in [1.807, 2.05) is 89.4 Å². The molecule has 0 unspecified atom stereocenters. The third-order valence-electron chi connectivity index (χ3n) is 10.9. The van der Waals surface area contributed by atoms with E-state index in [9.17, 15) is 0 Å². The van der Waals surface area contributed by atoms with Gasteiger partial charge in [0.2, 0.25) is 0 Å². The van der Waals surface area contributed by atoms with Crippen LogP contribution in [0.2, 0.25) is 0 Å². The average Bonchev–Trinajstić information content (AvgIpc) is 3.98. The Hall–Kier alpha value is -6.99. The molecule has 0 aliphatic rings. The van der Waals surface area contributed by atoms with Gasteiger partial charge in [0.15, 0.2) is 17.5 Å². The van der Waals surface area contributed by atoms with Crippen LogP contribution in [0.15, 0.2) is 180 Å². The summed E-state index contributed by atoms with van der Waals surface area (Å²) in [6, 6.07) is 62.0. The lowest BCUT2D eigenvalue weighted by atomic mass is 9.94. The number of nitrogens with zero attached hydrogens (tertiary/aromatic N) is 3. The minimum atomic E-state index is 0.652. The van der Waals surface area contributed by atoms with Crippen molar-refractivity contribution in [2.24, 2.45) is 0 Å². The average molecular weight is 764 g/mol. The summed E-state index contributed by atoms with van der Waals surface area (Å²) in [5.41, 5.74) is 9.34. The highest BCUT2D eigenvalue weighted by Crippen LogP contribution is 2.47. The fraction of sp³-hybridized carbons (Fsp3) is 0. The second-order valence-electron chi connectivity index (χ2n) is 14.3. The Kier molecular flexibility index (Phi) is 7.24. The van der Waals surface area contributed by atoms with Crippen LogP contribution >= 0.6 is 22.7 Å². The van der Waals surface area contributed by atoms with Gasteiger partial charge in [0.1, 0.15) is 11.2 Å². The van der Waals surface area contributed by atoms with Crippen LogP contribution in [0.1, 0.15) is 0 Å². The highest BCUT2D eigenvalue weighted by molar-refractivity contribution is 7.26. The molecule has 0 saturated heterocycles. The molecule has 12 aromatic rings. The zero-order chi connectivity index (χ0) is 37.5. The van der Waals surface area contributed by atoms with Gasteiger partial charge in [0, 0.05) is 78.9 Å². The number of fused-ring (bicyclic) bond motifs is 9. The van der Waals surface area contributed by atoms with Crippen LogP contribution in [-0.4, -0.2) is 15.0 Å². The van der Waals surface area contributed by atoms with Crippen molar-refractivity contribution >= 4 is 85.0 Å². The van der Waals surface area contributed by atoms with Gasteiger partial charge in [-0.3, -0.25) is 0 Å². The Bertz CT molecular complexity index is 3470. The molecule has 4 nitrogen and oxygen atoms in total. The number of thiophene rings is 2. The van der Waals surface area contributed by atoms with Crippen molar-refractivity contribution in [1.82, 2.24) is 15.0 Å². The minimum absolute atomic E-state index is 0.652. The molecule has 0 amide bonds. The molecule has 0 spiro atoms. The smallest absolute Gasteiger partial charge is 0.164 e. The monoisotopic (exact) mass is 763 g/mol. The van der Waals surface area contributed by atoms with Gasteiger partial charge in [-0.2, -0.15) is 0 Å². The van der Waals surface area contributed by atoms with E-state index in [2.05, 4.69) is 109 Å². The molecule has 0 saturated carbocycles. The Morgan fingerprint density at radius 3 is 1.63 bits per heavy atom. The second-order valence-corrected chi connectivity index (χ2v) is 16.4. The van der Waals surface area contributed by atoms with Crippen LogP contribution in [0, 0.1) is 0 Å². The molecule has 12 rings (SSSR count). The first kappa shape index (κ1) is 32.3. The van der Waals surface area contributed by atoms with Crippen LogP contribution < -0.4 is 0 Å². The zero-order valence-electron chi connectivity index (χ0n) is 30.3. The molecule has 4 aromatic heterocycles. The van der Waals surface area contributed by atoms with E-state index in [0.29, 0.717) is 17.5 Å². The predicted octanol–water partition coefficient (Wildman–Crippen LogP) is 14.8. The topological polar surface area (TPSA) is 51.8 Å². The summed E-state index contributed by atoms with van der Waals surface area (Å²) in [5, 5.41) is 7.25. The van der Waals surface area contributed by atoms with Crippen LogP contribution in [0.3, 0.4) is 0 Å². The number of hydrogen-bond donors (Lipinski definition) is 0. The number of benzene rings is 8. The number of furan rings is 1. The van der Waals surface area contributed by atoms with E-state index < -0.39 is 0 Å². The lowest BCUT2D eigenvalue weighted by Crippen LogP contribution is -1.99. The summed E-state index contributed by atoms with van der Waals surface area (Å²) in [6.07, 6.45) is 0. The van der Waals surface area contributed by atoms with E-state index in [4.69, 9.17) is 19.4 Å². The molecule has 266 valence electrons. The maximum Gasteiger partial charge on any atom is 0.164 e. The lowest BCUT2D eigenvalue weighted by Gasteiger charge is -2.10. The van der Waals surface area contributed by atoms with Gasteiger partial charge in [0.25, 0.3) is 0 Å². The standard InChI is InChI=1S/C51H29N3OS2/c1-3-13-30(14-4-1)49-52-50(31-15-5-2-6-16-31)54-51(53-49)32-25-26-37-39-20-11-19-34(47(39)57-45(37)29-32)33-27-41-35-17-7-9-23-43(35)55-46(41)42(28-33)40-22-12-21-38-36-18-8-10-24-44(36)56-48(38)40/h1-29H. The van der Waals surface area contributed by atoms with Crippen molar-refractivity contribution in [2.45, 2.75) is 0 Å². The Morgan fingerprint density at radius 1 is 0.333 bits per heavy atom. The molecule has 4 heterocycles. The first-order valence-electron chi connectivity index (χ1n) is 18.9. The number of hydrogen-bond acceptors (Lipinski definition) is 6. The summed E-state index contributed by atoms with van der Waals surface area (Å²) < 4.78 is 11.7. The molecule has 0 N–H and O–H groups in total. The number of para-hydroxylation sites is 1. The van der Waals surface area contributed by atoms with Gasteiger partial charge in [-0.05, 0) is 41.5 Å². The maximum absolute atomic E-state index is 6.71. The summed E-state index contributed by atoms with van der Waals surface area (Å²) >= 11 is 3.67. The Morgan fingerprint density at radius 2 is 0.895 bits per heavy atom. The number of rotatable bonds is 5. The van der Waals surface area contributed by atoms with Crippen molar-refractivity contribution in [3.63, 3.8) is 0 Å². The van der Waals surface area contributed by atoms with Crippen molar-refractivity contribution in [3.8, 4) is 56.4 Å². The zero-order valence-corrected chi connectivity index (χ0v) is 31.9. The first-order valence-corrected chi connectivity index (χ1v) is 20.6. The van der Waals surface area contributed by atoms with Crippen molar-refractivity contribution < 1.29 is 4.42 Å². The SMILES string of the molecule is c1ccc(-c2nc(-c3ccccc3)nc(-c3ccc4c(c3)sc3c(-c5cc(-c6cccc7c6sc6ccccc67)c6oc7ccccc7c6c5)cccc34)n2)cc1. The third-order valence-corrected chi connectivity index (χ3v) is 13.4. The van der Waals surface area contributed by atoms with Crippen molar-refractivity contribution in [1.29, 1.82) is 0 Å². The van der Waals surface area contributed by atoms with E-state index in [1.54, 1.807) is 0 Å². The van der Waals surface area contributed by atoms with Gasteiger partial charge in [-0.15, -0.1) is 22.7 Å². The van der Waals surface area contributed by atoms with Crippen molar-refractivity contribution in [3.05, 3.63) is 176 Å². The predicted molar refractivity (Wildman–Crippen MR) is 240 cm³/mol. The number of aromatic nitrogens is 3. The molecule has 6 heteroatoms. The fourth-order valence-electron chi connectivity index (χ4n) is 8.24. The molecule has 0 aliphatic carbocycles. The molecule has 0 aliphatic heterocycles. The van der Waals surface area contributed by atoms with Crippen LogP contribution in [0.25, 0.3) is 119 Å². The molecule has 0 bridgehead atoms. The highest BCUT2D eigenvalue weighted by atomic mass is 32.1. The lowest BCUT2D eigenvalue weighted by molar-refractivity contribution is 0.670. The van der Waals surface area contributed by atoms with E-state index in [-0.39, 0.29) is 0 Å². The van der Waals surface area contributed by atoms with Crippen LogP contribution in [-0.2, 0) is 0 Å². The fourth-order valence-corrected chi connectivity index (χ4v) is 10.8. The first-order chi connectivity index (χ1) is 28.2. The van der Waals surface area contributed by atoms with Gasteiger partial charge in [0.05, 0.1) is 0 Å². The van der Waals surface area contributed by atoms with Crippen LogP contribution in [0.4, 0.5) is 0 Å². The molecular formula is C51H29N3OS2. The maximum atomic E-state index is 6.71. The summed E-state index contributed by atoms with van der Waals surface area (Å²) in [5.74, 6) is 1.96. The minimum Gasteiger partial charge on any atom is -0.455 e. The van der Waals surface area contributed by atoms with Gasteiger partial charge >= 0.3 is 0 Å². The molecule has 0 atom stereocenters. The van der Waals surface area contributed by atoms with E-state index in [0.717, 1.165) is 49.8 Å². The third kappa shape index (κ3) is 5.22. The van der Waals surface area contributed by atoms with Crippen LogP contribution in [0.5, 0.6) is 0 Å². The molecule has 8 aromatic carbocycles. The molecule has 57 heavy (non-hydrogen) atoms. The van der Waals surface area contributed by atoms with E-state index in [1.165, 1.54) is 51.5 Å². The summed E-state index contributed by atoms with van der Waals surface area (Å²) in [7, 11) is 0. The largest absolute Gasteiger partial charge is 0.455 e. The van der Waals surface area contributed by atoms with Crippen molar-refractivity contribution in [2.75, 3.05) is 0 Å².